The number of likely N-dealkylation sites (N-methyl/N-ethyl adjacent to an activating group) is 2. The number of hydrogen-bond donors (Lipinski definition) is 1. The lowest BCUT2D eigenvalue weighted by Gasteiger charge is -2.25. The molecule has 1 aliphatic rings. The molecule has 1 aromatic heterocycles. The Kier molecular flexibility index (Phi) is 5.56. The second kappa shape index (κ2) is 7.41. The van der Waals surface area contributed by atoms with Gasteiger partial charge in [0, 0.05) is 26.2 Å². The molecule has 0 aliphatic carbocycles. The molecule has 1 aromatic rings. The van der Waals surface area contributed by atoms with Crippen LogP contribution in [-0.4, -0.2) is 60.5 Å². The molecule has 5 heteroatoms. The third-order valence-electron chi connectivity index (χ3n) is 4.06. The van der Waals surface area contributed by atoms with Gasteiger partial charge in [-0.2, -0.15) is 0 Å². The lowest BCUT2D eigenvalue weighted by Crippen LogP contribution is -2.39. The Morgan fingerprint density at radius 1 is 1.52 bits per heavy atom. The van der Waals surface area contributed by atoms with E-state index in [0.29, 0.717) is 11.7 Å². The molecule has 1 N–H and O–H groups in total. The Balaban J connectivity index is 1.92. The van der Waals surface area contributed by atoms with Crippen LogP contribution in [0.1, 0.15) is 36.7 Å². The lowest BCUT2D eigenvalue weighted by molar-refractivity contribution is 0.0756. The maximum Gasteiger partial charge on any atom is 0.272 e. The van der Waals surface area contributed by atoms with Crippen molar-refractivity contribution in [3.63, 3.8) is 0 Å². The molecule has 5 nitrogen and oxygen atoms in total. The number of nitrogens with zero attached hydrogens (tertiary/aromatic N) is 3. The van der Waals surface area contributed by atoms with Crippen molar-refractivity contribution < 1.29 is 4.79 Å². The minimum Gasteiger partial charge on any atom is -0.384 e. The molecule has 0 spiro atoms. The van der Waals surface area contributed by atoms with Crippen LogP contribution in [0, 0.1) is 0 Å². The number of likely N-dealkylation sites (tertiary alicyclic amines) is 1. The average molecular weight is 290 g/mol. The third-order valence-corrected chi connectivity index (χ3v) is 4.06. The van der Waals surface area contributed by atoms with E-state index in [1.165, 1.54) is 12.8 Å². The van der Waals surface area contributed by atoms with E-state index in [9.17, 15) is 4.79 Å². The minimum absolute atomic E-state index is 0.00246. The number of anilines is 1. The van der Waals surface area contributed by atoms with E-state index in [-0.39, 0.29) is 5.91 Å². The number of rotatable bonds is 6. The maximum absolute atomic E-state index is 12.4. The number of pyridine rings is 1. The topological polar surface area (TPSA) is 48.5 Å². The smallest absolute Gasteiger partial charge is 0.272 e. The Morgan fingerprint density at radius 2 is 2.33 bits per heavy atom. The summed E-state index contributed by atoms with van der Waals surface area (Å²) in [5, 5.41) is 3.26. The van der Waals surface area contributed by atoms with Crippen LogP contribution in [0.2, 0.25) is 0 Å². The van der Waals surface area contributed by atoms with Crippen molar-refractivity contribution in [3.05, 3.63) is 24.0 Å². The number of amides is 1. The fourth-order valence-corrected chi connectivity index (χ4v) is 2.70. The van der Waals surface area contributed by atoms with Crippen molar-refractivity contribution in [3.8, 4) is 0 Å². The predicted molar refractivity (Wildman–Crippen MR) is 85.6 cm³/mol. The third kappa shape index (κ3) is 4.17. The summed E-state index contributed by atoms with van der Waals surface area (Å²) in [7, 11) is 3.99. The van der Waals surface area contributed by atoms with Crippen LogP contribution in [0.5, 0.6) is 0 Å². The summed E-state index contributed by atoms with van der Waals surface area (Å²) in [6.07, 6.45) is 5.19. The van der Waals surface area contributed by atoms with Crippen molar-refractivity contribution in [2.45, 2.75) is 32.2 Å². The molecule has 1 aliphatic heterocycles. The molecule has 1 fully saturated rings. The molecule has 0 aromatic carbocycles. The summed E-state index contributed by atoms with van der Waals surface area (Å²) in [5.41, 5.74) is 1.48. The predicted octanol–water partition coefficient (Wildman–Crippen LogP) is 2.07. The van der Waals surface area contributed by atoms with E-state index in [4.69, 9.17) is 0 Å². The van der Waals surface area contributed by atoms with Gasteiger partial charge in [-0.25, -0.2) is 4.98 Å². The average Bonchev–Trinajstić information content (AvgIpc) is 2.90. The fraction of sp³-hybridized carbons (Fsp3) is 0.625. The number of carbonyl (C=O) groups is 1. The van der Waals surface area contributed by atoms with Crippen LogP contribution < -0.4 is 5.32 Å². The molecule has 1 atom stereocenters. The van der Waals surface area contributed by atoms with Crippen molar-refractivity contribution in [1.29, 1.82) is 0 Å². The Hall–Kier alpha value is -1.62. The first kappa shape index (κ1) is 15.8. The van der Waals surface area contributed by atoms with Crippen molar-refractivity contribution in [1.82, 2.24) is 14.8 Å². The van der Waals surface area contributed by atoms with Gasteiger partial charge in [0.25, 0.3) is 5.91 Å². The first-order valence-electron chi connectivity index (χ1n) is 7.77. The molecule has 0 bridgehead atoms. The first-order chi connectivity index (χ1) is 10.1. The summed E-state index contributed by atoms with van der Waals surface area (Å²) in [6, 6.07) is 4.20. The van der Waals surface area contributed by atoms with Gasteiger partial charge < -0.3 is 15.1 Å². The van der Waals surface area contributed by atoms with E-state index in [0.717, 1.165) is 31.7 Å². The van der Waals surface area contributed by atoms with E-state index < -0.39 is 0 Å². The zero-order valence-electron chi connectivity index (χ0n) is 13.3. The summed E-state index contributed by atoms with van der Waals surface area (Å²) in [4.78, 5) is 20.8. The normalized spacial score (nSPS) is 18.7. The molecular formula is C16H26N4O. The standard InChI is InChI=1S/C16H26N4O/c1-4-9-17-13-7-8-15(18-11-13)16(21)20(3)12-14-6-5-10-19(14)2/h7-8,11,14,17H,4-6,9-10,12H2,1-3H3. The highest BCUT2D eigenvalue weighted by Gasteiger charge is 2.24. The summed E-state index contributed by atoms with van der Waals surface area (Å²) in [5.74, 6) is -0.00246. The van der Waals surface area contributed by atoms with E-state index in [1.54, 1.807) is 17.2 Å². The molecule has 1 saturated heterocycles. The van der Waals surface area contributed by atoms with Crippen molar-refractivity contribution in [2.75, 3.05) is 39.0 Å². The van der Waals surface area contributed by atoms with E-state index >= 15 is 0 Å². The van der Waals surface area contributed by atoms with Gasteiger partial charge in [0.05, 0.1) is 11.9 Å². The van der Waals surface area contributed by atoms with E-state index in [2.05, 4.69) is 29.2 Å². The van der Waals surface area contributed by atoms with Gasteiger partial charge in [0.2, 0.25) is 0 Å². The monoisotopic (exact) mass is 290 g/mol. The highest BCUT2D eigenvalue weighted by Crippen LogP contribution is 2.16. The maximum atomic E-state index is 12.4. The minimum atomic E-state index is -0.00246. The number of nitrogens with one attached hydrogen (secondary N) is 1. The Morgan fingerprint density at radius 3 is 2.90 bits per heavy atom. The molecule has 21 heavy (non-hydrogen) atoms. The van der Waals surface area contributed by atoms with Gasteiger partial charge in [0.15, 0.2) is 0 Å². The SMILES string of the molecule is CCCNc1ccc(C(=O)N(C)CC2CCCN2C)nc1. The van der Waals surface area contributed by atoms with Gasteiger partial charge in [-0.3, -0.25) is 4.79 Å². The molecule has 1 unspecified atom stereocenters. The molecule has 116 valence electrons. The Labute approximate surface area is 127 Å². The summed E-state index contributed by atoms with van der Waals surface area (Å²) >= 11 is 0. The lowest BCUT2D eigenvalue weighted by atomic mass is 10.2. The second-order valence-electron chi connectivity index (χ2n) is 5.82. The first-order valence-corrected chi connectivity index (χ1v) is 7.77. The zero-order valence-corrected chi connectivity index (χ0v) is 13.3. The number of carbonyl (C=O) groups excluding carboxylic acids is 1. The van der Waals surface area contributed by atoms with Gasteiger partial charge >= 0.3 is 0 Å². The summed E-state index contributed by atoms with van der Waals surface area (Å²) in [6.45, 7) is 4.94. The second-order valence-corrected chi connectivity index (χ2v) is 5.82. The van der Waals surface area contributed by atoms with Crippen LogP contribution in [0.15, 0.2) is 18.3 Å². The van der Waals surface area contributed by atoms with Gasteiger partial charge in [-0.05, 0) is 45.0 Å². The van der Waals surface area contributed by atoms with Crippen molar-refractivity contribution in [2.24, 2.45) is 0 Å². The van der Waals surface area contributed by atoms with Gasteiger partial charge in [0.1, 0.15) is 5.69 Å². The van der Waals surface area contributed by atoms with Crippen molar-refractivity contribution >= 4 is 11.6 Å². The highest BCUT2D eigenvalue weighted by molar-refractivity contribution is 5.92. The quantitative estimate of drug-likeness (QED) is 0.871. The molecule has 2 rings (SSSR count). The molecule has 1 amide bonds. The van der Waals surface area contributed by atoms with Crippen LogP contribution in [0.3, 0.4) is 0 Å². The van der Waals surface area contributed by atoms with E-state index in [1.807, 2.05) is 13.1 Å². The van der Waals surface area contributed by atoms with Crippen LogP contribution >= 0.6 is 0 Å². The Bertz CT molecular complexity index is 460. The van der Waals surface area contributed by atoms with Crippen LogP contribution in [0.25, 0.3) is 0 Å². The molecule has 2 heterocycles. The largest absolute Gasteiger partial charge is 0.384 e. The van der Waals surface area contributed by atoms with Gasteiger partial charge in [-0.15, -0.1) is 0 Å². The molecular weight excluding hydrogens is 264 g/mol. The fourth-order valence-electron chi connectivity index (χ4n) is 2.70. The molecule has 0 radical (unpaired) electrons. The number of hydrogen-bond acceptors (Lipinski definition) is 4. The highest BCUT2D eigenvalue weighted by atomic mass is 16.2. The summed E-state index contributed by atoms with van der Waals surface area (Å²) < 4.78 is 0. The van der Waals surface area contributed by atoms with Crippen LogP contribution in [0.4, 0.5) is 5.69 Å². The van der Waals surface area contributed by atoms with Crippen LogP contribution in [-0.2, 0) is 0 Å². The number of aromatic nitrogens is 1. The van der Waals surface area contributed by atoms with Gasteiger partial charge in [-0.1, -0.05) is 6.92 Å². The molecule has 0 saturated carbocycles. The zero-order chi connectivity index (χ0) is 15.2.